The molecule has 0 aromatic heterocycles. The van der Waals surface area contributed by atoms with Gasteiger partial charge in [-0.15, -0.1) is 0 Å². The molecular weight excluding hydrogens is 543 g/mol. The number of unbranched alkanes of at least 4 members (excludes halogenated alkanes) is 2. The SMILES string of the molecule is CCC[CH2][Sn+2][CH2]CCC.Cc1ccc(S(=O)(=O)[O-])cc1.Cc1ccc(S(=O)(=O)[O-])cc1. The van der Waals surface area contributed by atoms with Crippen LogP contribution in [-0.4, -0.2) is 47.1 Å². The molecule has 0 atom stereocenters. The van der Waals surface area contributed by atoms with Gasteiger partial charge in [-0.3, -0.25) is 0 Å². The Morgan fingerprint density at radius 1 is 0.645 bits per heavy atom. The largest absolute Gasteiger partial charge is 0.744 e. The van der Waals surface area contributed by atoms with Crippen LogP contribution in [-0.2, 0) is 20.2 Å². The van der Waals surface area contributed by atoms with Crippen molar-refractivity contribution in [1.29, 1.82) is 0 Å². The van der Waals surface area contributed by atoms with Crippen LogP contribution in [0.4, 0.5) is 0 Å². The van der Waals surface area contributed by atoms with Gasteiger partial charge in [0.1, 0.15) is 20.2 Å². The van der Waals surface area contributed by atoms with E-state index in [0.717, 1.165) is 11.1 Å². The second-order valence-corrected chi connectivity index (χ2v) is 14.0. The summed E-state index contributed by atoms with van der Waals surface area (Å²) >= 11 is 0.149. The number of hydrogen-bond donors (Lipinski definition) is 0. The fourth-order valence-corrected chi connectivity index (χ4v) is 7.24. The third-order valence-electron chi connectivity index (χ3n) is 4.03. The third-order valence-corrected chi connectivity index (χ3v) is 9.77. The maximum absolute atomic E-state index is 10.4. The molecule has 0 aliphatic heterocycles. The summed E-state index contributed by atoms with van der Waals surface area (Å²) in [6, 6.07) is 11.6. The van der Waals surface area contributed by atoms with E-state index in [1.807, 2.05) is 13.8 Å². The number of hydrogen-bond acceptors (Lipinski definition) is 6. The van der Waals surface area contributed by atoms with E-state index in [-0.39, 0.29) is 30.9 Å². The average molecular weight is 575 g/mol. The molecule has 0 saturated carbocycles. The smallest absolute Gasteiger partial charge is 0.124 e. The normalized spacial score (nSPS) is 10.8. The van der Waals surface area contributed by atoms with Crippen LogP contribution in [0.1, 0.15) is 50.7 Å². The molecular formula is C22H32O6S2Sn. The van der Waals surface area contributed by atoms with E-state index in [2.05, 4.69) is 13.8 Å². The molecule has 0 radical (unpaired) electrons. The second kappa shape index (κ2) is 15.8. The molecule has 0 saturated heterocycles. The first-order valence-corrected chi connectivity index (χ1v) is 17.0. The molecule has 0 spiro atoms. The van der Waals surface area contributed by atoms with Gasteiger partial charge in [0.05, 0.1) is 9.79 Å². The van der Waals surface area contributed by atoms with Crippen LogP contribution in [0.5, 0.6) is 0 Å². The molecule has 6 nitrogen and oxygen atoms in total. The molecule has 0 bridgehead atoms. The summed E-state index contributed by atoms with van der Waals surface area (Å²) in [6.45, 7) is 8.22. The molecule has 31 heavy (non-hydrogen) atoms. The zero-order valence-corrected chi connectivity index (χ0v) is 23.1. The first-order valence-electron chi connectivity index (χ1n) is 10.2. The molecule has 2 aromatic rings. The minimum Gasteiger partial charge on any atom is -0.744 e. The Hall–Kier alpha value is -0.941. The van der Waals surface area contributed by atoms with E-state index < -0.39 is 20.2 Å². The van der Waals surface area contributed by atoms with Crippen LogP contribution in [0, 0.1) is 13.8 Å². The summed E-state index contributed by atoms with van der Waals surface area (Å²) in [5, 5.41) is 0. The second-order valence-electron chi connectivity index (χ2n) is 6.99. The van der Waals surface area contributed by atoms with Gasteiger partial charge >= 0.3 is 69.5 Å². The van der Waals surface area contributed by atoms with E-state index >= 15 is 0 Å². The van der Waals surface area contributed by atoms with Crippen LogP contribution >= 0.6 is 0 Å². The zero-order valence-electron chi connectivity index (χ0n) is 18.6. The summed E-state index contributed by atoms with van der Waals surface area (Å²) in [5.41, 5.74) is 1.86. The Kier molecular flexibility index (Phi) is 15.3. The van der Waals surface area contributed by atoms with E-state index in [4.69, 9.17) is 0 Å². The van der Waals surface area contributed by atoms with Crippen molar-refractivity contribution < 1.29 is 25.9 Å². The van der Waals surface area contributed by atoms with Gasteiger partial charge in [0.25, 0.3) is 0 Å². The van der Waals surface area contributed by atoms with Crippen molar-refractivity contribution in [3.63, 3.8) is 0 Å². The predicted molar refractivity (Wildman–Crippen MR) is 123 cm³/mol. The van der Waals surface area contributed by atoms with Crippen LogP contribution in [0.2, 0.25) is 8.87 Å². The molecule has 9 heteroatoms. The fraction of sp³-hybridized carbons (Fsp3) is 0.455. The Labute approximate surface area is 198 Å². The molecule has 0 aliphatic carbocycles. The molecule has 0 unspecified atom stereocenters. The van der Waals surface area contributed by atoms with E-state index in [1.165, 1.54) is 49.9 Å². The monoisotopic (exact) mass is 576 g/mol. The molecule has 2 rings (SSSR count). The maximum atomic E-state index is 10.4. The van der Waals surface area contributed by atoms with Crippen molar-refractivity contribution in [2.75, 3.05) is 0 Å². The first-order chi connectivity index (χ1) is 14.4. The Bertz CT molecular complexity index is 859. The molecule has 2 aromatic carbocycles. The van der Waals surface area contributed by atoms with Gasteiger partial charge in [-0.2, -0.15) is 0 Å². The minimum absolute atomic E-state index is 0.149. The molecule has 172 valence electrons. The number of benzene rings is 2. The Morgan fingerprint density at radius 2 is 0.935 bits per heavy atom. The molecule has 0 amide bonds. The van der Waals surface area contributed by atoms with Crippen molar-refractivity contribution in [2.24, 2.45) is 0 Å². The standard InChI is InChI=1S/2C7H8O3S.2C4H9.Sn/c2*1-6-2-4-7(5-3-6)11(8,9)10;2*1-3-4-2;/h2*2-5H,1H3,(H,8,9,10);2*1,3-4H2,2H3;/q;;;;+2/p-2. The quantitative estimate of drug-likeness (QED) is 0.251. The van der Waals surface area contributed by atoms with E-state index in [0.29, 0.717) is 0 Å². The van der Waals surface area contributed by atoms with Gasteiger partial charge in [0, 0.05) is 0 Å². The summed E-state index contributed by atoms with van der Waals surface area (Å²) in [4.78, 5) is -0.355. The molecule has 0 N–H and O–H groups in total. The molecule has 0 heterocycles. The Morgan fingerprint density at radius 3 is 1.16 bits per heavy atom. The third kappa shape index (κ3) is 15.5. The predicted octanol–water partition coefficient (Wildman–Crippen LogP) is 4.93. The van der Waals surface area contributed by atoms with Crippen molar-refractivity contribution in [1.82, 2.24) is 0 Å². The van der Waals surface area contributed by atoms with Crippen molar-refractivity contribution in [3.05, 3.63) is 59.7 Å². The van der Waals surface area contributed by atoms with Crippen LogP contribution in [0.3, 0.4) is 0 Å². The first kappa shape index (κ1) is 30.1. The van der Waals surface area contributed by atoms with Gasteiger partial charge in [0.15, 0.2) is 0 Å². The summed E-state index contributed by atoms with van der Waals surface area (Å²) in [5.74, 6) is 0. The van der Waals surface area contributed by atoms with Crippen LogP contribution in [0.25, 0.3) is 0 Å². The number of aryl methyl sites for hydroxylation is 2. The van der Waals surface area contributed by atoms with Gasteiger partial charge in [-0.1, -0.05) is 35.4 Å². The molecule has 0 aliphatic rings. The number of rotatable bonds is 8. The van der Waals surface area contributed by atoms with Crippen LogP contribution in [0.15, 0.2) is 58.3 Å². The van der Waals surface area contributed by atoms with Crippen molar-refractivity contribution in [2.45, 2.75) is 72.0 Å². The van der Waals surface area contributed by atoms with Gasteiger partial charge in [-0.25, -0.2) is 16.8 Å². The van der Waals surface area contributed by atoms with E-state index in [9.17, 15) is 25.9 Å². The van der Waals surface area contributed by atoms with Crippen molar-refractivity contribution in [3.8, 4) is 0 Å². The average Bonchev–Trinajstić information content (AvgIpc) is 2.68. The summed E-state index contributed by atoms with van der Waals surface area (Å²) in [6.07, 6.45) is 5.84. The topological polar surface area (TPSA) is 114 Å². The van der Waals surface area contributed by atoms with E-state index in [1.54, 1.807) is 33.1 Å². The van der Waals surface area contributed by atoms with Gasteiger partial charge in [0.2, 0.25) is 0 Å². The Balaban J connectivity index is 0.000000439. The van der Waals surface area contributed by atoms with Crippen LogP contribution < -0.4 is 0 Å². The minimum atomic E-state index is -4.27. The fourth-order valence-electron chi connectivity index (χ4n) is 2.14. The maximum Gasteiger partial charge on any atom is 0.124 e. The summed E-state index contributed by atoms with van der Waals surface area (Å²) in [7, 11) is -8.54. The van der Waals surface area contributed by atoms with Gasteiger partial charge < -0.3 is 9.11 Å². The van der Waals surface area contributed by atoms with Crippen molar-refractivity contribution >= 4 is 41.4 Å². The molecule has 0 fully saturated rings. The zero-order chi connectivity index (χ0) is 23.9. The van der Waals surface area contributed by atoms with Gasteiger partial charge in [-0.05, 0) is 38.1 Å². The summed E-state index contributed by atoms with van der Waals surface area (Å²) < 4.78 is 65.6.